The summed E-state index contributed by atoms with van der Waals surface area (Å²) in [5.74, 6) is 2.07. The number of carbonyl (C=O) groups excluding carboxylic acids is 1. The molecule has 1 aromatic rings. The number of amides is 1. The number of benzene rings is 1. The number of ether oxygens (including phenoxy) is 1. The molecular formula is C13H16N2O2. The van der Waals surface area contributed by atoms with Crippen molar-refractivity contribution in [2.45, 2.75) is 12.6 Å². The Morgan fingerprint density at radius 3 is 2.82 bits per heavy atom. The molecule has 4 nitrogen and oxygen atoms in total. The Balaban J connectivity index is 2.27. The number of hydrogen-bond acceptors (Lipinski definition) is 3. The van der Waals surface area contributed by atoms with Crippen LogP contribution in [0.2, 0.25) is 0 Å². The van der Waals surface area contributed by atoms with Crippen molar-refractivity contribution in [2.24, 2.45) is 5.73 Å². The van der Waals surface area contributed by atoms with Crippen molar-refractivity contribution in [3.63, 3.8) is 0 Å². The minimum absolute atomic E-state index is 0.130. The van der Waals surface area contributed by atoms with Crippen LogP contribution in [0.1, 0.15) is 5.56 Å². The first-order valence-electron chi connectivity index (χ1n) is 5.32. The highest BCUT2D eigenvalue weighted by Crippen LogP contribution is 1.97. The van der Waals surface area contributed by atoms with Crippen LogP contribution in [0.25, 0.3) is 0 Å². The molecule has 0 aliphatic rings. The predicted octanol–water partition coefficient (Wildman–Crippen LogP) is 0.280. The van der Waals surface area contributed by atoms with Crippen LogP contribution in [-0.2, 0) is 16.1 Å². The predicted molar refractivity (Wildman–Crippen MR) is 65.9 cm³/mol. The molecule has 0 heterocycles. The number of carbonyl (C=O) groups is 1. The van der Waals surface area contributed by atoms with Gasteiger partial charge in [-0.1, -0.05) is 36.3 Å². The van der Waals surface area contributed by atoms with E-state index in [1.54, 1.807) is 0 Å². The third kappa shape index (κ3) is 5.16. The Morgan fingerprint density at radius 1 is 1.47 bits per heavy atom. The SMILES string of the molecule is C#CCOCC(N)C(=O)NCc1ccccc1. The molecular weight excluding hydrogens is 216 g/mol. The fourth-order valence-electron chi connectivity index (χ4n) is 1.24. The molecule has 0 aliphatic heterocycles. The van der Waals surface area contributed by atoms with Crippen LogP contribution in [0.4, 0.5) is 0 Å². The quantitative estimate of drug-likeness (QED) is 0.547. The van der Waals surface area contributed by atoms with Crippen LogP contribution >= 0.6 is 0 Å². The van der Waals surface area contributed by atoms with Gasteiger partial charge in [0.2, 0.25) is 5.91 Å². The summed E-state index contributed by atoms with van der Waals surface area (Å²) in [4.78, 5) is 11.5. The standard InChI is InChI=1S/C13H16N2O2/c1-2-8-17-10-12(14)13(16)15-9-11-6-4-3-5-7-11/h1,3-7,12H,8-10,14H2,(H,15,16). The summed E-state index contributed by atoms with van der Waals surface area (Å²) in [6.07, 6.45) is 5.01. The summed E-state index contributed by atoms with van der Waals surface area (Å²) in [5, 5.41) is 2.73. The minimum atomic E-state index is -0.688. The molecule has 1 rings (SSSR count). The van der Waals surface area contributed by atoms with E-state index in [0.717, 1.165) is 5.56 Å². The first-order valence-corrected chi connectivity index (χ1v) is 5.32. The summed E-state index contributed by atoms with van der Waals surface area (Å²) in [7, 11) is 0. The monoisotopic (exact) mass is 232 g/mol. The van der Waals surface area contributed by atoms with Crippen molar-refractivity contribution in [1.29, 1.82) is 0 Å². The van der Waals surface area contributed by atoms with Crippen LogP contribution in [0.15, 0.2) is 30.3 Å². The molecule has 1 aromatic carbocycles. The zero-order valence-corrected chi connectivity index (χ0v) is 9.56. The zero-order chi connectivity index (χ0) is 12.5. The Kier molecular flexibility index (Phi) is 5.80. The number of rotatable bonds is 6. The Morgan fingerprint density at radius 2 is 2.18 bits per heavy atom. The number of nitrogens with two attached hydrogens (primary N) is 1. The van der Waals surface area contributed by atoms with E-state index >= 15 is 0 Å². The van der Waals surface area contributed by atoms with Crippen LogP contribution in [0.5, 0.6) is 0 Å². The van der Waals surface area contributed by atoms with Gasteiger partial charge in [-0.15, -0.1) is 6.42 Å². The topological polar surface area (TPSA) is 64.3 Å². The molecule has 0 spiro atoms. The molecule has 3 N–H and O–H groups in total. The van der Waals surface area contributed by atoms with Crippen LogP contribution in [0, 0.1) is 12.3 Å². The maximum absolute atomic E-state index is 11.5. The highest BCUT2D eigenvalue weighted by atomic mass is 16.5. The molecule has 0 radical (unpaired) electrons. The summed E-state index contributed by atoms with van der Waals surface area (Å²) in [6, 6.07) is 8.92. The maximum Gasteiger partial charge on any atom is 0.239 e. The number of nitrogens with one attached hydrogen (secondary N) is 1. The second kappa shape index (κ2) is 7.44. The number of terminal acetylenes is 1. The Labute approximate surface area is 101 Å². The lowest BCUT2D eigenvalue weighted by Gasteiger charge is -2.11. The van der Waals surface area contributed by atoms with Crippen molar-refractivity contribution in [3.05, 3.63) is 35.9 Å². The van der Waals surface area contributed by atoms with Crippen molar-refractivity contribution in [2.75, 3.05) is 13.2 Å². The molecule has 0 bridgehead atoms. The lowest BCUT2D eigenvalue weighted by Crippen LogP contribution is -2.43. The van der Waals surface area contributed by atoms with Gasteiger partial charge in [0.1, 0.15) is 12.6 Å². The van der Waals surface area contributed by atoms with Crippen LogP contribution < -0.4 is 11.1 Å². The summed E-state index contributed by atoms with van der Waals surface area (Å²) < 4.78 is 5.00. The van der Waals surface area contributed by atoms with E-state index in [1.807, 2.05) is 30.3 Å². The van der Waals surface area contributed by atoms with E-state index in [2.05, 4.69) is 11.2 Å². The summed E-state index contributed by atoms with van der Waals surface area (Å²) >= 11 is 0. The van der Waals surface area contributed by atoms with Gasteiger partial charge in [-0.25, -0.2) is 0 Å². The zero-order valence-electron chi connectivity index (χ0n) is 9.56. The van der Waals surface area contributed by atoms with Crippen molar-refractivity contribution in [3.8, 4) is 12.3 Å². The largest absolute Gasteiger partial charge is 0.367 e. The average molecular weight is 232 g/mol. The molecule has 0 aromatic heterocycles. The maximum atomic E-state index is 11.5. The van der Waals surface area contributed by atoms with Gasteiger partial charge in [-0.05, 0) is 5.56 Å². The molecule has 4 heteroatoms. The van der Waals surface area contributed by atoms with E-state index in [4.69, 9.17) is 16.9 Å². The molecule has 1 atom stereocenters. The van der Waals surface area contributed by atoms with E-state index in [-0.39, 0.29) is 19.1 Å². The van der Waals surface area contributed by atoms with E-state index in [1.165, 1.54) is 0 Å². The van der Waals surface area contributed by atoms with Gasteiger partial charge < -0.3 is 15.8 Å². The first-order chi connectivity index (χ1) is 8.24. The molecule has 17 heavy (non-hydrogen) atoms. The van der Waals surface area contributed by atoms with E-state index in [0.29, 0.717) is 6.54 Å². The van der Waals surface area contributed by atoms with Gasteiger partial charge in [0.15, 0.2) is 0 Å². The lowest BCUT2D eigenvalue weighted by atomic mass is 10.2. The van der Waals surface area contributed by atoms with Gasteiger partial charge in [-0.2, -0.15) is 0 Å². The molecule has 0 fully saturated rings. The molecule has 1 unspecified atom stereocenters. The third-order valence-corrected chi connectivity index (χ3v) is 2.13. The fourth-order valence-corrected chi connectivity index (χ4v) is 1.24. The molecule has 0 saturated heterocycles. The van der Waals surface area contributed by atoms with Gasteiger partial charge in [0.05, 0.1) is 6.61 Å². The molecule has 0 aliphatic carbocycles. The molecule has 0 saturated carbocycles. The Hall–Kier alpha value is -1.83. The molecule has 1 amide bonds. The third-order valence-electron chi connectivity index (χ3n) is 2.13. The second-order valence-corrected chi connectivity index (χ2v) is 3.53. The van der Waals surface area contributed by atoms with Gasteiger partial charge >= 0.3 is 0 Å². The second-order valence-electron chi connectivity index (χ2n) is 3.53. The van der Waals surface area contributed by atoms with Crippen LogP contribution in [0.3, 0.4) is 0 Å². The molecule has 90 valence electrons. The highest BCUT2D eigenvalue weighted by molar-refractivity contribution is 5.81. The fraction of sp³-hybridized carbons (Fsp3) is 0.308. The van der Waals surface area contributed by atoms with Gasteiger partial charge in [-0.3, -0.25) is 4.79 Å². The van der Waals surface area contributed by atoms with Gasteiger partial charge in [0, 0.05) is 6.54 Å². The van der Waals surface area contributed by atoms with Gasteiger partial charge in [0.25, 0.3) is 0 Å². The first kappa shape index (κ1) is 13.2. The van der Waals surface area contributed by atoms with Crippen molar-refractivity contribution >= 4 is 5.91 Å². The summed E-state index contributed by atoms with van der Waals surface area (Å²) in [6.45, 7) is 0.757. The minimum Gasteiger partial charge on any atom is -0.367 e. The average Bonchev–Trinajstić information content (AvgIpc) is 2.37. The number of hydrogen-bond donors (Lipinski definition) is 2. The lowest BCUT2D eigenvalue weighted by molar-refractivity contribution is -0.123. The van der Waals surface area contributed by atoms with Crippen LogP contribution in [-0.4, -0.2) is 25.2 Å². The van der Waals surface area contributed by atoms with Crippen molar-refractivity contribution < 1.29 is 9.53 Å². The summed E-state index contributed by atoms with van der Waals surface area (Å²) in [5.41, 5.74) is 6.64. The van der Waals surface area contributed by atoms with E-state index in [9.17, 15) is 4.79 Å². The van der Waals surface area contributed by atoms with Crippen molar-refractivity contribution in [1.82, 2.24) is 5.32 Å². The highest BCUT2D eigenvalue weighted by Gasteiger charge is 2.12. The van der Waals surface area contributed by atoms with E-state index < -0.39 is 6.04 Å². The Bertz CT molecular complexity index is 384. The normalized spacial score (nSPS) is 11.5. The smallest absolute Gasteiger partial charge is 0.239 e.